The van der Waals surface area contributed by atoms with Crippen molar-refractivity contribution >= 4 is 34.8 Å². The third-order valence-corrected chi connectivity index (χ3v) is 3.48. The van der Waals surface area contributed by atoms with Crippen LogP contribution in [0.15, 0.2) is 24.4 Å². The van der Waals surface area contributed by atoms with E-state index in [2.05, 4.69) is 4.98 Å². The summed E-state index contributed by atoms with van der Waals surface area (Å²) in [6.45, 7) is 0. The van der Waals surface area contributed by atoms with Gasteiger partial charge in [0.25, 0.3) is 0 Å². The molecule has 1 aromatic heterocycles. The summed E-state index contributed by atoms with van der Waals surface area (Å²) >= 11 is 17.4. The quantitative estimate of drug-likeness (QED) is 0.466. The molecular formula is C12H4Cl3F4N. The van der Waals surface area contributed by atoms with Crippen LogP contribution in [0.25, 0.3) is 11.3 Å². The SMILES string of the molecule is Fc1cc(-c2cc(Cl)c(Cl)cc2Cl)ncc1C(F)(F)F. The lowest BCUT2D eigenvalue weighted by Gasteiger charge is -2.10. The van der Waals surface area contributed by atoms with E-state index >= 15 is 0 Å². The highest BCUT2D eigenvalue weighted by molar-refractivity contribution is 6.44. The van der Waals surface area contributed by atoms with Crippen molar-refractivity contribution in [1.29, 1.82) is 0 Å². The third-order valence-electron chi connectivity index (χ3n) is 2.44. The van der Waals surface area contributed by atoms with Gasteiger partial charge in [-0.25, -0.2) is 4.39 Å². The highest BCUT2D eigenvalue weighted by atomic mass is 35.5. The Balaban J connectivity index is 2.55. The molecule has 2 aromatic rings. The number of aromatic nitrogens is 1. The Morgan fingerprint density at radius 3 is 2.05 bits per heavy atom. The van der Waals surface area contributed by atoms with Gasteiger partial charge in [0.1, 0.15) is 11.4 Å². The van der Waals surface area contributed by atoms with Gasteiger partial charge in [-0.15, -0.1) is 0 Å². The summed E-state index contributed by atoms with van der Waals surface area (Å²) in [4.78, 5) is 3.56. The zero-order chi connectivity index (χ0) is 15.1. The van der Waals surface area contributed by atoms with E-state index in [1.807, 2.05) is 0 Å². The van der Waals surface area contributed by atoms with Gasteiger partial charge in [0.05, 0.1) is 20.8 Å². The Kier molecular flexibility index (Phi) is 4.14. The molecule has 0 radical (unpaired) electrons. The van der Waals surface area contributed by atoms with Gasteiger partial charge in [-0.1, -0.05) is 34.8 Å². The van der Waals surface area contributed by atoms with Gasteiger partial charge in [0.2, 0.25) is 0 Å². The van der Waals surface area contributed by atoms with Gasteiger partial charge in [-0.3, -0.25) is 4.98 Å². The maximum atomic E-state index is 13.5. The molecule has 0 unspecified atom stereocenters. The van der Waals surface area contributed by atoms with Crippen molar-refractivity contribution in [2.24, 2.45) is 0 Å². The van der Waals surface area contributed by atoms with Gasteiger partial charge in [0.15, 0.2) is 0 Å². The smallest absolute Gasteiger partial charge is 0.255 e. The normalized spacial score (nSPS) is 11.8. The van der Waals surface area contributed by atoms with Crippen molar-refractivity contribution in [2.45, 2.75) is 6.18 Å². The minimum absolute atomic E-state index is 0.0703. The Morgan fingerprint density at radius 2 is 1.50 bits per heavy atom. The van der Waals surface area contributed by atoms with Gasteiger partial charge in [0, 0.05) is 17.8 Å². The summed E-state index contributed by atoms with van der Waals surface area (Å²) in [5.41, 5.74) is -1.33. The zero-order valence-electron chi connectivity index (χ0n) is 9.40. The number of nitrogens with zero attached hydrogens (tertiary/aromatic N) is 1. The first-order chi connectivity index (χ1) is 9.20. The zero-order valence-corrected chi connectivity index (χ0v) is 11.7. The van der Waals surface area contributed by atoms with Crippen LogP contribution >= 0.6 is 34.8 Å². The molecule has 0 aliphatic heterocycles. The lowest BCUT2D eigenvalue weighted by atomic mass is 10.1. The molecule has 0 spiro atoms. The molecule has 106 valence electrons. The maximum Gasteiger partial charge on any atom is 0.420 e. The first-order valence-electron chi connectivity index (χ1n) is 5.08. The van der Waals surface area contributed by atoms with Gasteiger partial charge in [-0.05, 0) is 12.1 Å². The number of rotatable bonds is 1. The number of alkyl halides is 3. The molecule has 0 atom stereocenters. The Labute approximate surface area is 126 Å². The van der Waals surface area contributed by atoms with Crippen LogP contribution in [0.5, 0.6) is 0 Å². The summed E-state index contributed by atoms with van der Waals surface area (Å²) < 4.78 is 50.8. The van der Waals surface area contributed by atoms with E-state index in [-0.39, 0.29) is 26.3 Å². The van der Waals surface area contributed by atoms with E-state index in [0.29, 0.717) is 12.3 Å². The van der Waals surface area contributed by atoms with Crippen LogP contribution in [-0.4, -0.2) is 4.98 Å². The standard InChI is InChI=1S/C12H4Cl3F4N/c13-7-2-9(15)8(14)1-5(7)11-3-10(16)6(4-20-11)12(17,18)19/h1-4H. The molecule has 0 amide bonds. The Bertz CT molecular complexity index is 670. The largest absolute Gasteiger partial charge is 0.420 e. The number of pyridine rings is 1. The fourth-order valence-electron chi connectivity index (χ4n) is 1.51. The molecule has 0 N–H and O–H groups in total. The van der Waals surface area contributed by atoms with Crippen LogP contribution in [-0.2, 0) is 6.18 Å². The molecule has 1 nitrogen and oxygen atoms in total. The number of hydrogen-bond donors (Lipinski definition) is 0. The van der Waals surface area contributed by atoms with Crippen LogP contribution in [0.1, 0.15) is 5.56 Å². The van der Waals surface area contributed by atoms with E-state index in [1.54, 1.807) is 0 Å². The van der Waals surface area contributed by atoms with Crippen LogP contribution in [0.3, 0.4) is 0 Å². The lowest BCUT2D eigenvalue weighted by molar-refractivity contribution is -0.140. The molecule has 0 bridgehead atoms. The second kappa shape index (κ2) is 5.39. The second-order valence-electron chi connectivity index (χ2n) is 3.79. The molecule has 8 heteroatoms. The van der Waals surface area contributed by atoms with E-state index in [0.717, 1.165) is 0 Å². The first kappa shape index (κ1) is 15.4. The number of hydrogen-bond acceptors (Lipinski definition) is 1. The fraction of sp³-hybridized carbons (Fsp3) is 0.0833. The molecule has 1 aromatic carbocycles. The van der Waals surface area contributed by atoms with Crippen LogP contribution in [0.4, 0.5) is 17.6 Å². The highest BCUT2D eigenvalue weighted by Crippen LogP contribution is 2.36. The Morgan fingerprint density at radius 1 is 0.900 bits per heavy atom. The topological polar surface area (TPSA) is 12.9 Å². The van der Waals surface area contributed by atoms with Crippen molar-refractivity contribution in [3.63, 3.8) is 0 Å². The molecule has 0 saturated heterocycles. The summed E-state index contributed by atoms with van der Waals surface area (Å²) in [7, 11) is 0. The van der Waals surface area contributed by atoms with E-state index < -0.39 is 17.6 Å². The fourth-order valence-corrected chi connectivity index (χ4v) is 2.15. The highest BCUT2D eigenvalue weighted by Gasteiger charge is 2.34. The van der Waals surface area contributed by atoms with Gasteiger partial charge >= 0.3 is 6.18 Å². The van der Waals surface area contributed by atoms with Crippen LogP contribution in [0, 0.1) is 5.82 Å². The van der Waals surface area contributed by atoms with E-state index in [4.69, 9.17) is 34.8 Å². The first-order valence-corrected chi connectivity index (χ1v) is 6.21. The average Bonchev–Trinajstić information content (AvgIpc) is 2.32. The third kappa shape index (κ3) is 3.00. The molecule has 0 aliphatic carbocycles. The van der Waals surface area contributed by atoms with E-state index in [1.165, 1.54) is 12.1 Å². The predicted molar refractivity (Wildman–Crippen MR) is 69.7 cm³/mol. The van der Waals surface area contributed by atoms with Crippen molar-refractivity contribution < 1.29 is 17.6 Å². The van der Waals surface area contributed by atoms with Crippen molar-refractivity contribution in [3.8, 4) is 11.3 Å². The number of benzene rings is 1. The summed E-state index contributed by atoms with van der Waals surface area (Å²) in [5.74, 6) is -1.44. The lowest BCUT2D eigenvalue weighted by Crippen LogP contribution is -2.09. The molecule has 0 aliphatic rings. The van der Waals surface area contributed by atoms with Gasteiger partial charge < -0.3 is 0 Å². The van der Waals surface area contributed by atoms with Crippen molar-refractivity contribution in [2.75, 3.05) is 0 Å². The monoisotopic (exact) mass is 343 g/mol. The average molecular weight is 345 g/mol. The molecule has 0 saturated carbocycles. The minimum Gasteiger partial charge on any atom is -0.255 e. The maximum absolute atomic E-state index is 13.5. The molecule has 0 fully saturated rings. The van der Waals surface area contributed by atoms with Crippen molar-refractivity contribution in [1.82, 2.24) is 4.98 Å². The van der Waals surface area contributed by atoms with E-state index in [9.17, 15) is 17.6 Å². The van der Waals surface area contributed by atoms with Crippen LogP contribution < -0.4 is 0 Å². The molecule has 2 rings (SSSR count). The molecule has 20 heavy (non-hydrogen) atoms. The molecular weight excluding hydrogens is 340 g/mol. The Hall–Kier alpha value is -1.04. The van der Waals surface area contributed by atoms with Crippen LogP contribution in [0.2, 0.25) is 15.1 Å². The molecule has 1 heterocycles. The number of halogens is 7. The summed E-state index contributed by atoms with van der Waals surface area (Å²) in [6, 6.07) is 3.26. The van der Waals surface area contributed by atoms with Gasteiger partial charge in [-0.2, -0.15) is 13.2 Å². The summed E-state index contributed by atoms with van der Waals surface area (Å²) in [6.07, 6.45) is -4.40. The minimum atomic E-state index is -4.81. The second-order valence-corrected chi connectivity index (χ2v) is 5.01. The predicted octanol–water partition coefficient (Wildman–Crippen LogP) is 5.87. The summed E-state index contributed by atoms with van der Waals surface area (Å²) in [5, 5.41) is 0.409. The van der Waals surface area contributed by atoms with Crippen molar-refractivity contribution in [3.05, 3.63) is 50.8 Å².